The van der Waals surface area contributed by atoms with Gasteiger partial charge >= 0.3 is 0 Å². The van der Waals surface area contributed by atoms with Gasteiger partial charge in [0.1, 0.15) is 7.85 Å². The van der Waals surface area contributed by atoms with Gasteiger partial charge in [-0.15, -0.1) is 0 Å². The van der Waals surface area contributed by atoms with E-state index in [1.165, 1.54) is 57.8 Å². The lowest BCUT2D eigenvalue weighted by Crippen LogP contribution is -2.11. The van der Waals surface area contributed by atoms with Crippen LogP contribution in [0.25, 0.3) is 0 Å². The van der Waals surface area contributed by atoms with Gasteiger partial charge in [0.25, 0.3) is 0 Å². The summed E-state index contributed by atoms with van der Waals surface area (Å²) in [5.41, 5.74) is 0. The van der Waals surface area contributed by atoms with Crippen LogP contribution in [-0.2, 0) is 0 Å². The van der Waals surface area contributed by atoms with Crippen LogP contribution in [0.3, 0.4) is 0 Å². The van der Waals surface area contributed by atoms with Crippen molar-refractivity contribution in [2.24, 2.45) is 11.8 Å². The topological polar surface area (TPSA) is 0 Å². The first-order valence-electron chi connectivity index (χ1n) is 7.20. The van der Waals surface area contributed by atoms with Crippen LogP contribution >= 0.6 is 0 Å². The van der Waals surface area contributed by atoms with Crippen molar-refractivity contribution in [2.45, 2.75) is 77.5 Å². The fourth-order valence-electron chi connectivity index (χ4n) is 2.96. The zero-order chi connectivity index (χ0) is 11.1. The Bertz CT molecular complexity index is 153. The molecule has 3 unspecified atom stereocenters. The average molecular weight is 208 g/mol. The lowest BCUT2D eigenvalue weighted by atomic mass is 9.72. The quantitative estimate of drug-likeness (QED) is 0.566. The smallest absolute Gasteiger partial charge is 0.0697 e. The molecule has 0 nitrogen and oxygen atoms in total. The summed E-state index contributed by atoms with van der Waals surface area (Å²) in [5, 5.41) is 0. The van der Waals surface area contributed by atoms with Crippen molar-refractivity contribution in [2.75, 3.05) is 0 Å². The predicted molar refractivity (Wildman–Crippen MR) is 72.2 cm³/mol. The standard InChI is InChI=1S/C14H29B/c1-12-9-7-5-3-4-6-8-10-14(11-12)13(2)15/h12-14H,3-11,15H2,1-2H3. The van der Waals surface area contributed by atoms with Crippen molar-refractivity contribution >= 4 is 7.85 Å². The second-order valence-corrected chi connectivity index (χ2v) is 6.04. The summed E-state index contributed by atoms with van der Waals surface area (Å²) < 4.78 is 0. The number of hydrogen-bond donors (Lipinski definition) is 0. The van der Waals surface area contributed by atoms with E-state index in [1.807, 2.05) is 0 Å². The van der Waals surface area contributed by atoms with E-state index < -0.39 is 0 Å². The van der Waals surface area contributed by atoms with Crippen LogP contribution in [-0.4, -0.2) is 7.85 Å². The van der Waals surface area contributed by atoms with E-state index in [9.17, 15) is 0 Å². The average Bonchev–Trinajstić information content (AvgIpc) is 2.23. The zero-order valence-corrected chi connectivity index (χ0v) is 11.1. The van der Waals surface area contributed by atoms with Crippen molar-refractivity contribution < 1.29 is 0 Å². The summed E-state index contributed by atoms with van der Waals surface area (Å²) in [6, 6.07) is 0. The van der Waals surface area contributed by atoms with Crippen LogP contribution in [0.15, 0.2) is 0 Å². The molecule has 1 rings (SSSR count). The molecular formula is C14H29B. The van der Waals surface area contributed by atoms with E-state index >= 15 is 0 Å². The molecule has 0 spiro atoms. The first-order chi connectivity index (χ1) is 7.20. The van der Waals surface area contributed by atoms with Gasteiger partial charge in [-0.2, -0.15) is 0 Å². The van der Waals surface area contributed by atoms with Crippen LogP contribution in [0.5, 0.6) is 0 Å². The van der Waals surface area contributed by atoms with Gasteiger partial charge in [0.15, 0.2) is 0 Å². The molecule has 88 valence electrons. The maximum absolute atomic E-state index is 2.47. The zero-order valence-electron chi connectivity index (χ0n) is 11.1. The molecule has 0 radical (unpaired) electrons. The Morgan fingerprint density at radius 3 is 2.07 bits per heavy atom. The first kappa shape index (κ1) is 13.1. The molecule has 0 saturated heterocycles. The summed E-state index contributed by atoms with van der Waals surface area (Å²) >= 11 is 0. The molecule has 1 aliphatic rings. The van der Waals surface area contributed by atoms with E-state index in [4.69, 9.17) is 0 Å². The highest BCUT2D eigenvalue weighted by Gasteiger charge is 2.16. The summed E-state index contributed by atoms with van der Waals surface area (Å²) in [5.74, 6) is 2.86. The first-order valence-corrected chi connectivity index (χ1v) is 7.20. The Hall–Kier alpha value is 0.0649. The Morgan fingerprint density at radius 2 is 1.47 bits per heavy atom. The van der Waals surface area contributed by atoms with Gasteiger partial charge in [-0.25, -0.2) is 0 Å². The fourth-order valence-corrected chi connectivity index (χ4v) is 2.96. The third-order valence-electron chi connectivity index (χ3n) is 4.17. The molecule has 3 atom stereocenters. The molecule has 0 amide bonds. The highest BCUT2D eigenvalue weighted by atomic mass is 14.2. The van der Waals surface area contributed by atoms with Gasteiger partial charge in [-0.1, -0.05) is 71.0 Å². The van der Waals surface area contributed by atoms with E-state index in [2.05, 4.69) is 21.7 Å². The van der Waals surface area contributed by atoms with Crippen molar-refractivity contribution in [1.29, 1.82) is 0 Å². The van der Waals surface area contributed by atoms with E-state index in [0.717, 1.165) is 17.7 Å². The fraction of sp³-hybridized carbons (Fsp3) is 1.00. The van der Waals surface area contributed by atoms with Gasteiger partial charge in [-0.3, -0.25) is 0 Å². The van der Waals surface area contributed by atoms with Gasteiger partial charge in [0.05, 0.1) is 0 Å². The van der Waals surface area contributed by atoms with Gasteiger partial charge in [0.2, 0.25) is 0 Å². The molecule has 0 aromatic rings. The van der Waals surface area contributed by atoms with E-state index in [1.54, 1.807) is 0 Å². The molecule has 1 fully saturated rings. The van der Waals surface area contributed by atoms with E-state index in [0.29, 0.717) is 0 Å². The molecule has 15 heavy (non-hydrogen) atoms. The SMILES string of the molecule is BC(C)C1CCCCCCCCC(C)C1. The Morgan fingerprint density at radius 1 is 0.933 bits per heavy atom. The van der Waals surface area contributed by atoms with Gasteiger partial charge < -0.3 is 0 Å². The summed E-state index contributed by atoms with van der Waals surface area (Å²) in [7, 11) is 2.41. The van der Waals surface area contributed by atoms with E-state index in [-0.39, 0.29) is 0 Å². The lowest BCUT2D eigenvalue weighted by molar-refractivity contribution is 0.338. The molecular weight excluding hydrogens is 179 g/mol. The van der Waals surface area contributed by atoms with Crippen molar-refractivity contribution in [1.82, 2.24) is 0 Å². The molecule has 0 heterocycles. The Labute approximate surface area is 97.6 Å². The summed E-state index contributed by atoms with van der Waals surface area (Å²) in [4.78, 5) is 0. The third-order valence-corrected chi connectivity index (χ3v) is 4.17. The molecule has 1 saturated carbocycles. The molecule has 0 aromatic heterocycles. The number of rotatable bonds is 1. The minimum atomic E-state index is 0.896. The highest BCUT2D eigenvalue weighted by Crippen LogP contribution is 2.31. The second kappa shape index (κ2) is 7.36. The lowest BCUT2D eigenvalue weighted by Gasteiger charge is -2.24. The molecule has 0 aromatic carbocycles. The summed E-state index contributed by atoms with van der Waals surface area (Å²) in [6.07, 6.45) is 13.3. The van der Waals surface area contributed by atoms with Crippen molar-refractivity contribution in [3.05, 3.63) is 0 Å². The predicted octanol–water partition coefficient (Wildman–Crippen LogP) is 4.20. The van der Waals surface area contributed by atoms with Gasteiger partial charge in [-0.05, 0) is 18.3 Å². The highest BCUT2D eigenvalue weighted by molar-refractivity contribution is 6.11. The van der Waals surface area contributed by atoms with Crippen LogP contribution in [0.4, 0.5) is 0 Å². The Balaban J connectivity index is 2.40. The molecule has 1 aliphatic carbocycles. The third kappa shape index (κ3) is 5.63. The number of hydrogen-bond acceptors (Lipinski definition) is 0. The van der Waals surface area contributed by atoms with Crippen LogP contribution in [0.2, 0.25) is 5.82 Å². The van der Waals surface area contributed by atoms with Crippen molar-refractivity contribution in [3.8, 4) is 0 Å². The minimum Gasteiger partial charge on any atom is -0.0697 e. The largest absolute Gasteiger partial charge is 0.105 e. The monoisotopic (exact) mass is 208 g/mol. The molecule has 1 heteroatoms. The van der Waals surface area contributed by atoms with Crippen LogP contribution < -0.4 is 0 Å². The molecule has 0 aliphatic heterocycles. The minimum absolute atomic E-state index is 0.896. The maximum atomic E-state index is 2.47. The van der Waals surface area contributed by atoms with Crippen LogP contribution in [0.1, 0.15) is 71.6 Å². The summed E-state index contributed by atoms with van der Waals surface area (Å²) in [6.45, 7) is 4.88. The van der Waals surface area contributed by atoms with Gasteiger partial charge in [0, 0.05) is 0 Å². The second-order valence-electron chi connectivity index (χ2n) is 6.04. The molecule has 0 bridgehead atoms. The maximum Gasteiger partial charge on any atom is 0.105 e. The Kier molecular flexibility index (Phi) is 6.44. The normalized spacial score (nSPS) is 32.9. The van der Waals surface area contributed by atoms with Crippen molar-refractivity contribution in [3.63, 3.8) is 0 Å². The van der Waals surface area contributed by atoms with Crippen LogP contribution in [0, 0.1) is 11.8 Å². The molecule has 0 N–H and O–H groups in total.